The van der Waals surface area contributed by atoms with Gasteiger partial charge in [-0.15, -0.1) is 0 Å². The summed E-state index contributed by atoms with van der Waals surface area (Å²) in [5, 5.41) is 3.58. The Bertz CT molecular complexity index is 1310. The van der Waals surface area contributed by atoms with Crippen LogP contribution in [0.15, 0.2) is 78.9 Å². The number of likely N-dealkylation sites (tertiary alicyclic amines) is 1. The molecule has 3 aromatic carbocycles. The molecule has 0 saturated carbocycles. The van der Waals surface area contributed by atoms with Crippen LogP contribution in [-0.2, 0) is 15.9 Å². The van der Waals surface area contributed by atoms with Gasteiger partial charge in [0.15, 0.2) is 5.79 Å². The van der Waals surface area contributed by atoms with E-state index in [-0.39, 0.29) is 24.0 Å². The molecule has 202 valence electrons. The van der Waals surface area contributed by atoms with Gasteiger partial charge in [0.25, 0.3) is 11.8 Å². The Hall–Kier alpha value is -3.68. The number of rotatable bonds is 7. The summed E-state index contributed by atoms with van der Waals surface area (Å²) in [6, 6.07) is 25.8. The molecule has 2 fully saturated rings. The number of carbonyl (C=O) groups is 2. The number of carbonyl (C=O) groups excluding carboxylic acids is 2. The van der Waals surface area contributed by atoms with E-state index in [2.05, 4.69) is 36.5 Å². The zero-order chi connectivity index (χ0) is 26.8. The number of ether oxygens (including phenoxy) is 2. The second-order valence-electron chi connectivity index (χ2n) is 10.7. The van der Waals surface area contributed by atoms with Crippen LogP contribution in [0.1, 0.15) is 64.2 Å². The quantitative estimate of drug-likeness (QED) is 0.456. The molecule has 1 N–H and O–H groups in total. The highest BCUT2D eigenvalue weighted by molar-refractivity contribution is 6.00. The molecule has 0 bridgehead atoms. The van der Waals surface area contributed by atoms with E-state index >= 15 is 0 Å². The van der Waals surface area contributed by atoms with E-state index in [0.717, 1.165) is 29.7 Å². The Labute approximate surface area is 229 Å². The normalized spacial score (nSPS) is 20.7. The molecule has 0 aromatic heterocycles. The van der Waals surface area contributed by atoms with Crippen LogP contribution < -0.4 is 5.32 Å². The van der Waals surface area contributed by atoms with Crippen molar-refractivity contribution in [1.29, 1.82) is 0 Å². The van der Waals surface area contributed by atoms with Crippen LogP contribution >= 0.6 is 0 Å². The molecular formula is C32H35N3O4. The predicted molar refractivity (Wildman–Crippen MR) is 149 cm³/mol. The van der Waals surface area contributed by atoms with Gasteiger partial charge >= 0.3 is 0 Å². The minimum absolute atomic E-state index is 0.0203. The standard InChI is InChI=1S/C32H35N3O4/c1-23(11-12-24-7-3-2-4-8-24)35-29(27-9-5-6-10-28(27)31(35)37)33-26-15-13-25(14-16-26)30(36)34-19-17-32(18-20-34)38-21-22-39-32/h2-10,13-16,23,29,33H,11-12,17-22H2,1H3. The van der Waals surface area contributed by atoms with Gasteiger partial charge in [0.2, 0.25) is 0 Å². The molecule has 2 saturated heterocycles. The number of hydrogen-bond donors (Lipinski definition) is 1. The number of amides is 2. The van der Waals surface area contributed by atoms with E-state index < -0.39 is 5.79 Å². The number of nitrogens with zero attached hydrogens (tertiary/aromatic N) is 2. The molecule has 2 unspecified atom stereocenters. The molecule has 3 aliphatic rings. The summed E-state index contributed by atoms with van der Waals surface area (Å²) >= 11 is 0. The average Bonchev–Trinajstić information content (AvgIpc) is 3.55. The fourth-order valence-corrected chi connectivity index (χ4v) is 5.98. The molecule has 3 heterocycles. The van der Waals surface area contributed by atoms with Gasteiger partial charge in [-0.05, 0) is 55.7 Å². The maximum absolute atomic E-state index is 13.5. The summed E-state index contributed by atoms with van der Waals surface area (Å²) in [5.41, 5.74) is 4.51. The smallest absolute Gasteiger partial charge is 0.256 e. The fourth-order valence-electron chi connectivity index (χ4n) is 5.98. The monoisotopic (exact) mass is 525 g/mol. The van der Waals surface area contributed by atoms with Crippen molar-refractivity contribution in [3.63, 3.8) is 0 Å². The van der Waals surface area contributed by atoms with E-state index in [1.165, 1.54) is 5.56 Å². The molecule has 7 heteroatoms. The summed E-state index contributed by atoms with van der Waals surface area (Å²) < 4.78 is 11.6. The van der Waals surface area contributed by atoms with E-state index in [0.29, 0.717) is 44.7 Å². The SMILES string of the molecule is CC(CCc1ccccc1)N1C(=O)c2ccccc2C1Nc1ccc(C(=O)N2CCC3(CC2)OCCO3)cc1. The number of benzene rings is 3. The highest BCUT2D eigenvalue weighted by Gasteiger charge is 2.41. The molecule has 6 rings (SSSR count). The van der Waals surface area contributed by atoms with Crippen molar-refractivity contribution >= 4 is 17.5 Å². The molecule has 0 radical (unpaired) electrons. The first-order chi connectivity index (χ1) is 19.0. The first kappa shape index (κ1) is 25.6. The summed E-state index contributed by atoms with van der Waals surface area (Å²) in [7, 11) is 0. The lowest BCUT2D eigenvalue weighted by Crippen LogP contribution is -2.47. The highest BCUT2D eigenvalue weighted by atomic mass is 16.7. The number of fused-ring (bicyclic) bond motifs is 1. The maximum atomic E-state index is 13.5. The topological polar surface area (TPSA) is 71.1 Å². The van der Waals surface area contributed by atoms with Gasteiger partial charge in [0.05, 0.1) is 13.2 Å². The van der Waals surface area contributed by atoms with Crippen molar-refractivity contribution in [2.75, 3.05) is 31.6 Å². The van der Waals surface area contributed by atoms with Crippen molar-refractivity contribution in [1.82, 2.24) is 9.80 Å². The van der Waals surface area contributed by atoms with Crippen LogP contribution in [0, 0.1) is 0 Å². The first-order valence-electron chi connectivity index (χ1n) is 13.9. The number of nitrogens with one attached hydrogen (secondary N) is 1. The van der Waals surface area contributed by atoms with E-state index in [1.54, 1.807) is 0 Å². The van der Waals surface area contributed by atoms with Crippen molar-refractivity contribution in [2.24, 2.45) is 0 Å². The predicted octanol–water partition coefficient (Wildman–Crippen LogP) is 5.25. The van der Waals surface area contributed by atoms with Gasteiger partial charge in [0, 0.05) is 54.4 Å². The third kappa shape index (κ3) is 5.16. The molecule has 2 atom stereocenters. The van der Waals surface area contributed by atoms with Gasteiger partial charge in [-0.2, -0.15) is 0 Å². The molecular weight excluding hydrogens is 490 g/mol. The number of piperidine rings is 1. The minimum Gasteiger partial charge on any atom is -0.361 e. The van der Waals surface area contributed by atoms with Gasteiger partial charge in [-0.1, -0.05) is 48.5 Å². The van der Waals surface area contributed by atoms with Crippen LogP contribution in [0.2, 0.25) is 0 Å². The van der Waals surface area contributed by atoms with Crippen molar-refractivity contribution < 1.29 is 19.1 Å². The summed E-state index contributed by atoms with van der Waals surface area (Å²) in [5.74, 6) is -0.426. The Morgan fingerprint density at radius 3 is 2.33 bits per heavy atom. The summed E-state index contributed by atoms with van der Waals surface area (Å²) in [6.45, 7) is 4.62. The Morgan fingerprint density at radius 1 is 0.949 bits per heavy atom. The summed E-state index contributed by atoms with van der Waals surface area (Å²) in [4.78, 5) is 30.5. The van der Waals surface area contributed by atoms with Crippen LogP contribution in [0.4, 0.5) is 5.69 Å². The second-order valence-corrected chi connectivity index (χ2v) is 10.7. The molecule has 39 heavy (non-hydrogen) atoms. The van der Waals surface area contributed by atoms with Crippen LogP contribution in [0.3, 0.4) is 0 Å². The van der Waals surface area contributed by atoms with E-state index in [1.807, 2.05) is 64.4 Å². The first-order valence-corrected chi connectivity index (χ1v) is 13.9. The Kier molecular flexibility index (Phi) is 7.11. The highest BCUT2D eigenvalue weighted by Crippen LogP contribution is 2.37. The second kappa shape index (κ2) is 10.8. The number of aryl methyl sites for hydroxylation is 1. The fraction of sp³-hybridized carbons (Fsp3) is 0.375. The maximum Gasteiger partial charge on any atom is 0.256 e. The number of hydrogen-bond acceptors (Lipinski definition) is 5. The third-order valence-corrected chi connectivity index (χ3v) is 8.23. The van der Waals surface area contributed by atoms with Gasteiger partial charge in [0.1, 0.15) is 6.17 Å². The lowest BCUT2D eigenvalue weighted by atomic mass is 10.0. The summed E-state index contributed by atoms with van der Waals surface area (Å²) in [6.07, 6.45) is 2.90. The van der Waals surface area contributed by atoms with Crippen molar-refractivity contribution in [3.8, 4) is 0 Å². The Morgan fingerprint density at radius 2 is 1.62 bits per heavy atom. The molecule has 7 nitrogen and oxygen atoms in total. The van der Waals surface area contributed by atoms with Crippen molar-refractivity contribution in [3.05, 3.63) is 101 Å². The molecule has 2 amide bonds. The zero-order valence-corrected chi connectivity index (χ0v) is 22.3. The van der Waals surface area contributed by atoms with Gasteiger partial charge in [-0.25, -0.2) is 0 Å². The lowest BCUT2D eigenvalue weighted by molar-refractivity contribution is -0.181. The average molecular weight is 526 g/mol. The van der Waals surface area contributed by atoms with Crippen LogP contribution in [-0.4, -0.2) is 59.7 Å². The minimum atomic E-state index is -0.496. The lowest BCUT2D eigenvalue weighted by Gasteiger charge is -2.37. The van der Waals surface area contributed by atoms with E-state index in [4.69, 9.17) is 9.47 Å². The third-order valence-electron chi connectivity index (χ3n) is 8.23. The number of anilines is 1. The molecule has 1 spiro atoms. The van der Waals surface area contributed by atoms with Gasteiger partial charge < -0.3 is 24.6 Å². The van der Waals surface area contributed by atoms with Gasteiger partial charge in [-0.3, -0.25) is 9.59 Å². The molecule has 3 aromatic rings. The molecule has 3 aliphatic heterocycles. The Balaban J connectivity index is 1.14. The van der Waals surface area contributed by atoms with Crippen molar-refractivity contribution in [2.45, 2.75) is 50.6 Å². The van der Waals surface area contributed by atoms with Crippen LogP contribution in [0.5, 0.6) is 0 Å². The zero-order valence-electron chi connectivity index (χ0n) is 22.3. The largest absolute Gasteiger partial charge is 0.361 e. The van der Waals surface area contributed by atoms with E-state index in [9.17, 15) is 9.59 Å². The van der Waals surface area contributed by atoms with Crippen LogP contribution in [0.25, 0.3) is 0 Å². The molecule has 0 aliphatic carbocycles.